The number of hydrazine groups is 1. The molecule has 1 aromatic carbocycles. The Morgan fingerprint density at radius 1 is 0.931 bits per heavy atom. The lowest BCUT2D eigenvalue weighted by atomic mass is 9.70. The molecule has 1 aromatic rings. The van der Waals surface area contributed by atoms with Gasteiger partial charge in [-0.2, -0.15) is 0 Å². The molecule has 0 amide bonds. The van der Waals surface area contributed by atoms with Gasteiger partial charge in [-0.1, -0.05) is 55.7 Å². The summed E-state index contributed by atoms with van der Waals surface area (Å²) in [6, 6.07) is 10.8. The molecule has 1 saturated heterocycles. The van der Waals surface area contributed by atoms with Gasteiger partial charge in [-0.05, 0) is 75.6 Å². The van der Waals surface area contributed by atoms with E-state index in [9.17, 15) is 0 Å². The topological polar surface area (TPSA) is 18.5 Å². The lowest BCUT2D eigenvalue weighted by molar-refractivity contribution is 0.0357. The first-order valence-corrected chi connectivity index (χ1v) is 12.2. The Kier molecular flexibility index (Phi) is 5.82. The molecule has 2 aliphatic heterocycles. The first-order valence-electron chi connectivity index (χ1n) is 12.2. The maximum Gasteiger partial charge on any atom is 0.0356 e. The molecule has 3 nitrogen and oxygen atoms in total. The highest BCUT2D eigenvalue weighted by Gasteiger charge is 2.43. The molecule has 1 N–H and O–H groups in total. The fraction of sp³-hybridized carbons (Fsp3) is 0.692. The predicted octanol–water partition coefficient (Wildman–Crippen LogP) is 5.17. The van der Waals surface area contributed by atoms with Gasteiger partial charge in [-0.25, -0.2) is 5.01 Å². The molecule has 1 atom stereocenters. The van der Waals surface area contributed by atoms with E-state index in [1.807, 2.05) is 0 Å². The van der Waals surface area contributed by atoms with Crippen LogP contribution in [0.4, 0.5) is 0 Å². The van der Waals surface area contributed by atoms with E-state index in [4.69, 9.17) is 0 Å². The third-order valence-corrected chi connectivity index (χ3v) is 8.41. The Morgan fingerprint density at radius 3 is 2.48 bits per heavy atom. The molecule has 158 valence electrons. The number of hydrogen-bond donors (Lipinski definition) is 1. The van der Waals surface area contributed by atoms with Crippen molar-refractivity contribution in [2.24, 2.45) is 0 Å². The number of fused-ring (bicyclic) bond motifs is 2. The Balaban J connectivity index is 1.36. The number of nitrogens with one attached hydrogen (secondary N) is 1. The van der Waals surface area contributed by atoms with E-state index >= 15 is 0 Å². The second-order valence-corrected chi connectivity index (χ2v) is 10.2. The van der Waals surface area contributed by atoms with Crippen molar-refractivity contribution in [3.8, 4) is 0 Å². The molecule has 0 aromatic heterocycles. The van der Waals surface area contributed by atoms with Gasteiger partial charge in [-0.15, -0.1) is 0 Å². The molecule has 0 radical (unpaired) electrons. The minimum atomic E-state index is 0.319. The molecule has 1 spiro atoms. The zero-order valence-corrected chi connectivity index (χ0v) is 18.2. The van der Waals surface area contributed by atoms with Crippen LogP contribution in [-0.2, 0) is 12.0 Å². The van der Waals surface area contributed by atoms with Gasteiger partial charge in [0, 0.05) is 30.6 Å². The summed E-state index contributed by atoms with van der Waals surface area (Å²) in [4.78, 5) is 2.81. The summed E-state index contributed by atoms with van der Waals surface area (Å²) in [5.41, 5.74) is 8.84. The van der Waals surface area contributed by atoms with Crippen LogP contribution < -0.4 is 5.43 Å². The minimum absolute atomic E-state index is 0.319. The molecular weight excluding hydrogens is 354 g/mol. The Labute approximate surface area is 177 Å². The van der Waals surface area contributed by atoms with Crippen molar-refractivity contribution in [3.05, 3.63) is 47.5 Å². The monoisotopic (exact) mass is 393 g/mol. The van der Waals surface area contributed by atoms with E-state index in [1.54, 1.807) is 5.56 Å². The summed E-state index contributed by atoms with van der Waals surface area (Å²) in [6.07, 6.45) is 14.8. The summed E-state index contributed by atoms with van der Waals surface area (Å²) in [6.45, 7) is 9.01. The lowest BCUT2D eigenvalue weighted by Crippen LogP contribution is -2.55. The van der Waals surface area contributed by atoms with Crippen LogP contribution in [0.5, 0.6) is 0 Å². The summed E-state index contributed by atoms with van der Waals surface area (Å²) < 4.78 is 0. The largest absolute Gasteiger partial charge is 0.300 e. The first kappa shape index (κ1) is 19.8. The van der Waals surface area contributed by atoms with Crippen LogP contribution in [0.3, 0.4) is 0 Å². The van der Waals surface area contributed by atoms with Crippen molar-refractivity contribution in [3.63, 3.8) is 0 Å². The van der Waals surface area contributed by atoms with Crippen molar-refractivity contribution in [1.82, 2.24) is 15.3 Å². The number of benzene rings is 1. The molecule has 3 fully saturated rings. The summed E-state index contributed by atoms with van der Waals surface area (Å²) in [7, 11) is 0. The molecule has 5 rings (SSSR count). The van der Waals surface area contributed by atoms with Crippen LogP contribution in [-0.4, -0.2) is 41.6 Å². The van der Waals surface area contributed by atoms with E-state index in [0.717, 1.165) is 18.6 Å². The maximum atomic E-state index is 4.30. The summed E-state index contributed by atoms with van der Waals surface area (Å²) in [5.74, 6) is 0. The van der Waals surface area contributed by atoms with Gasteiger partial charge in [-0.3, -0.25) is 5.43 Å². The normalized spacial score (nSPS) is 29.5. The SMILES string of the molecule is C=C1CCCC(N2CCC3(CC2)CN(C2CCCCC2)NCc2ccccc23)C1. The zero-order chi connectivity index (χ0) is 19.7. The molecular formula is C26H39N3. The number of rotatable bonds is 2. The van der Waals surface area contributed by atoms with Crippen molar-refractivity contribution in [2.45, 2.75) is 94.7 Å². The summed E-state index contributed by atoms with van der Waals surface area (Å²) in [5, 5.41) is 2.68. The molecule has 4 aliphatic rings. The second-order valence-electron chi connectivity index (χ2n) is 10.2. The highest BCUT2D eigenvalue weighted by Crippen LogP contribution is 2.42. The van der Waals surface area contributed by atoms with Crippen LogP contribution in [0, 0.1) is 0 Å². The van der Waals surface area contributed by atoms with E-state index in [1.165, 1.54) is 101 Å². The van der Waals surface area contributed by atoms with Gasteiger partial charge in [0.2, 0.25) is 0 Å². The van der Waals surface area contributed by atoms with Crippen LogP contribution >= 0.6 is 0 Å². The predicted molar refractivity (Wildman–Crippen MR) is 121 cm³/mol. The quantitative estimate of drug-likeness (QED) is 0.699. The van der Waals surface area contributed by atoms with E-state index in [0.29, 0.717) is 5.41 Å². The zero-order valence-electron chi connectivity index (χ0n) is 18.2. The minimum Gasteiger partial charge on any atom is -0.300 e. The smallest absolute Gasteiger partial charge is 0.0356 e. The highest BCUT2D eigenvalue weighted by atomic mass is 15.5. The molecule has 2 aliphatic carbocycles. The molecule has 2 saturated carbocycles. The Bertz CT molecular complexity index is 712. The second kappa shape index (κ2) is 8.53. The number of likely N-dealkylation sites (tertiary alicyclic amines) is 1. The highest BCUT2D eigenvalue weighted by molar-refractivity contribution is 5.36. The van der Waals surface area contributed by atoms with Gasteiger partial charge in [0.15, 0.2) is 0 Å². The van der Waals surface area contributed by atoms with E-state index in [2.05, 4.69) is 46.2 Å². The molecule has 2 heterocycles. The van der Waals surface area contributed by atoms with Crippen molar-refractivity contribution in [1.29, 1.82) is 0 Å². The van der Waals surface area contributed by atoms with Gasteiger partial charge in [0.25, 0.3) is 0 Å². The van der Waals surface area contributed by atoms with Crippen LogP contribution in [0.25, 0.3) is 0 Å². The van der Waals surface area contributed by atoms with Crippen molar-refractivity contribution < 1.29 is 0 Å². The average molecular weight is 394 g/mol. The number of nitrogens with zero attached hydrogens (tertiary/aromatic N) is 2. The third-order valence-electron chi connectivity index (χ3n) is 8.41. The summed E-state index contributed by atoms with van der Waals surface area (Å²) >= 11 is 0. The van der Waals surface area contributed by atoms with E-state index in [-0.39, 0.29) is 0 Å². The van der Waals surface area contributed by atoms with Crippen molar-refractivity contribution >= 4 is 0 Å². The molecule has 3 heteroatoms. The van der Waals surface area contributed by atoms with Gasteiger partial charge < -0.3 is 4.90 Å². The van der Waals surface area contributed by atoms with Crippen LogP contribution in [0.15, 0.2) is 36.4 Å². The molecule has 1 unspecified atom stereocenters. The fourth-order valence-electron chi connectivity index (χ4n) is 6.68. The average Bonchev–Trinajstić information content (AvgIpc) is 2.93. The number of hydrogen-bond acceptors (Lipinski definition) is 3. The Morgan fingerprint density at radius 2 is 1.69 bits per heavy atom. The van der Waals surface area contributed by atoms with Crippen LogP contribution in [0.1, 0.15) is 81.8 Å². The first-order chi connectivity index (χ1) is 14.2. The molecule has 0 bridgehead atoms. The van der Waals surface area contributed by atoms with Crippen LogP contribution in [0.2, 0.25) is 0 Å². The Hall–Kier alpha value is -1.16. The lowest BCUT2D eigenvalue weighted by Gasteiger charge is -2.48. The van der Waals surface area contributed by atoms with E-state index < -0.39 is 0 Å². The third kappa shape index (κ3) is 4.06. The van der Waals surface area contributed by atoms with Gasteiger partial charge in [0.05, 0.1) is 0 Å². The van der Waals surface area contributed by atoms with Gasteiger partial charge >= 0.3 is 0 Å². The maximum absolute atomic E-state index is 4.30. The van der Waals surface area contributed by atoms with Crippen molar-refractivity contribution in [2.75, 3.05) is 19.6 Å². The van der Waals surface area contributed by atoms with Gasteiger partial charge in [0.1, 0.15) is 0 Å². The molecule has 29 heavy (non-hydrogen) atoms. The number of piperidine rings is 1. The standard InChI is InChI=1S/C26H39N3/c1-21-8-7-12-24(18-21)28-16-14-26(15-17-28)20-29(23-10-3-2-4-11-23)27-19-22-9-5-6-13-25(22)26/h5-6,9,13,23-24,27H,1-4,7-8,10-12,14-20H2. The fourth-order valence-corrected chi connectivity index (χ4v) is 6.68.